The molecular weight excluding hydrogens is 379 g/mol. The maximum absolute atomic E-state index is 13.6. The number of fused-ring (bicyclic) bond motifs is 3. The van der Waals surface area contributed by atoms with Crippen molar-refractivity contribution in [1.29, 1.82) is 0 Å². The number of nitrogens with zero attached hydrogens (tertiary/aromatic N) is 4. The lowest BCUT2D eigenvalue weighted by molar-refractivity contribution is -0.135. The van der Waals surface area contributed by atoms with Crippen LogP contribution in [0.3, 0.4) is 0 Å². The van der Waals surface area contributed by atoms with Crippen molar-refractivity contribution in [3.63, 3.8) is 0 Å². The average molecular weight is 407 g/mol. The van der Waals surface area contributed by atoms with Gasteiger partial charge >= 0.3 is 0 Å². The highest BCUT2D eigenvalue weighted by atomic mass is 19.1. The molecule has 3 aliphatic rings. The fourth-order valence-electron chi connectivity index (χ4n) is 4.93. The molecular formula is C24H27FN4O. The number of hydrazone groups is 1. The Morgan fingerprint density at radius 2 is 1.80 bits per heavy atom. The summed E-state index contributed by atoms with van der Waals surface area (Å²) in [5, 5.41) is 6.57. The molecule has 5 rings (SSSR count). The summed E-state index contributed by atoms with van der Waals surface area (Å²) in [5.41, 5.74) is 4.39. The topological polar surface area (TPSA) is 39.1 Å². The Balaban J connectivity index is 1.47. The van der Waals surface area contributed by atoms with Crippen molar-refractivity contribution in [3.05, 3.63) is 71.0 Å². The van der Waals surface area contributed by atoms with Gasteiger partial charge in [-0.1, -0.05) is 36.4 Å². The number of carbonyl (C=O) groups is 1. The van der Waals surface area contributed by atoms with Gasteiger partial charge in [0.1, 0.15) is 5.82 Å². The smallest absolute Gasteiger partial charge is 0.257 e. The predicted molar refractivity (Wildman–Crippen MR) is 115 cm³/mol. The van der Waals surface area contributed by atoms with Crippen molar-refractivity contribution >= 4 is 11.6 Å². The van der Waals surface area contributed by atoms with E-state index in [4.69, 9.17) is 5.10 Å². The van der Waals surface area contributed by atoms with E-state index in [0.717, 1.165) is 55.9 Å². The molecule has 6 heteroatoms. The minimum atomic E-state index is -0.262. The van der Waals surface area contributed by atoms with Crippen molar-refractivity contribution in [1.82, 2.24) is 14.8 Å². The first-order valence-electron chi connectivity index (χ1n) is 10.8. The average Bonchev–Trinajstić information content (AvgIpc) is 3.16. The third-order valence-electron chi connectivity index (χ3n) is 6.65. The van der Waals surface area contributed by atoms with E-state index in [2.05, 4.69) is 35.0 Å². The van der Waals surface area contributed by atoms with E-state index in [1.165, 1.54) is 17.7 Å². The Kier molecular flexibility index (Phi) is 5.13. The lowest BCUT2D eigenvalue weighted by atomic mass is 9.77. The SMILES string of the molecule is CN1CCN(CC(=O)N2N=C3c4ccccc4CC[C@H]3[C@@H]2c2ccc(F)cc2)CC1. The molecule has 0 saturated carbocycles. The number of aryl methyl sites for hydroxylation is 1. The number of benzene rings is 2. The Hall–Kier alpha value is -2.57. The van der Waals surface area contributed by atoms with E-state index < -0.39 is 0 Å². The zero-order valence-electron chi connectivity index (χ0n) is 17.3. The molecule has 2 heterocycles. The maximum Gasteiger partial charge on any atom is 0.257 e. The van der Waals surface area contributed by atoms with E-state index in [-0.39, 0.29) is 23.7 Å². The Labute approximate surface area is 176 Å². The molecule has 0 N–H and O–H groups in total. The van der Waals surface area contributed by atoms with Crippen LogP contribution < -0.4 is 0 Å². The molecule has 0 radical (unpaired) electrons. The van der Waals surface area contributed by atoms with Gasteiger partial charge in [-0.05, 0) is 43.1 Å². The minimum Gasteiger partial charge on any atom is -0.304 e. The predicted octanol–water partition coefficient (Wildman–Crippen LogP) is 2.92. The first kappa shape index (κ1) is 19.4. The van der Waals surface area contributed by atoms with Gasteiger partial charge in [-0.3, -0.25) is 9.69 Å². The van der Waals surface area contributed by atoms with Crippen LogP contribution in [0, 0.1) is 11.7 Å². The Morgan fingerprint density at radius 1 is 1.07 bits per heavy atom. The molecule has 1 saturated heterocycles. The van der Waals surface area contributed by atoms with Gasteiger partial charge in [0.05, 0.1) is 18.3 Å². The standard InChI is InChI=1S/C24H27FN4O/c1-27-12-14-28(15-13-27)16-22(30)29-24(18-6-9-19(25)10-7-18)21-11-8-17-4-2-3-5-20(17)23(21)26-29/h2-7,9-10,21,24H,8,11-16H2,1H3/t21-,24+/m1/s1. The summed E-state index contributed by atoms with van der Waals surface area (Å²) in [4.78, 5) is 17.9. The lowest BCUT2D eigenvalue weighted by Gasteiger charge is -2.34. The number of amides is 1. The Bertz CT molecular complexity index is 965. The zero-order chi connectivity index (χ0) is 20.7. The summed E-state index contributed by atoms with van der Waals surface area (Å²) in [6, 6.07) is 14.7. The number of likely N-dealkylation sites (N-methyl/N-ethyl adjacent to an activating group) is 1. The first-order valence-corrected chi connectivity index (χ1v) is 10.8. The van der Waals surface area contributed by atoms with Gasteiger partial charge in [-0.25, -0.2) is 9.40 Å². The number of rotatable bonds is 3. The summed E-state index contributed by atoms with van der Waals surface area (Å²) in [6.07, 6.45) is 1.91. The van der Waals surface area contributed by atoms with Crippen LogP contribution in [0.5, 0.6) is 0 Å². The monoisotopic (exact) mass is 406 g/mol. The minimum absolute atomic E-state index is 0.0215. The molecule has 1 aliphatic carbocycles. The van der Waals surface area contributed by atoms with E-state index in [1.54, 1.807) is 17.1 Å². The van der Waals surface area contributed by atoms with Crippen molar-refractivity contribution in [2.24, 2.45) is 11.0 Å². The number of hydrogen-bond acceptors (Lipinski definition) is 4. The van der Waals surface area contributed by atoms with Crippen LogP contribution in [0.2, 0.25) is 0 Å². The largest absolute Gasteiger partial charge is 0.304 e. The van der Waals surface area contributed by atoms with Crippen molar-refractivity contribution < 1.29 is 9.18 Å². The number of halogens is 1. The molecule has 2 aromatic carbocycles. The summed E-state index contributed by atoms with van der Waals surface area (Å²) >= 11 is 0. The van der Waals surface area contributed by atoms with E-state index in [1.807, 2.05) is 6.07 Å². The Morgan fingerprint density at radius 3 is 2.57 bits per heavy atom. The van der Waals surface area contributed by atoms with Crippen LogP contribution in [-0.2, 0) is 11.2 Å². The first-order chi connectivity index (χ1) is 14.6. The molecule has 2 atom stereocenters. The van der Waals surface area contributed by atoms with Gasteiger partial charge in [0.15, 0.2) is 0 Å². The number of carbonyl (C=O) groups excluding carboxylic acids is 1. The molecule has 2 aromatic rings. The maximum atomic E-state index is 13.6. The van der Waals surface area contributed by atoms with Gasteiger partial charge in [0.2, 0.25) is 0 Å². The van der Waals surface area contributed by atoms with Crippen LogP contribution in [0.1, 0.15) is 29.2 Å². The molecule has 1 fully saturated rings. The second-order valence-electron chi connectivity index (χ2n) is 8.60. The lowest BCUT2D eigenvalue weighted by Crippen LogP contribution is -2.48. The highest BCUT2D eigenvalue weighted by molar-refractivity contribution is 6.06. The van der Waals surface area contributed by atoms with E-state index >= 15 is 0 Å². The summed E-state index contributed by atoms with van der Waals surface area (Å²) in [7, 11) is 2.11. The van der Waals surface area contributed by atoms with Crippen LogP contribution in [0.15, 0.2) is 53.6 Å². The second kappa shape index (κ2) is 7.93. The number of piperazine rings is 1. The van der Waals surface area contributed by atoms with Crippen molar-refractivity contribution in [3.8, 4) is 0 Å². The van der Waals surface area contributed by atoms with Crippen LogP contribution >= 0.6 is 0 Å². The molecule has 0 spiro atoms. The highest BCUT2D eigenvalue weighted by Crippen LogP contribution is 2.43. The summed E-state index contributed by atoms with van der Waals surface area (Å²) in [5.74, 6) is -0.0998. The highest BCUT2D eigenvalue weighted by Gasteiger charge is 2.44. The quantitative estimate of drug-likeness (QED) is 0.787. The molecule has 5 nitrogen and oxygen atoms in total. The van der Waals surface area contributed by atoms with Gasteiger partial charge in [-0.2, -0.15) is 5.10 Å². The van der Waals surface area contributed by atoms with Crippen LogP contribution in [0.25, 0.3) is 0 Å². The molecule has 0 unspecified atom stereocenters. The van der Waals surface area contributed by atoms with Crippen LogP contribution in [-0.4, -0.2) is 66.2 Å². The summed E-state index contributed by atoms with van der Waals surface area (Å²) < 4.78 is 13.6. The fourth-order valence-corrected chi connectivity index (χ4v) is 4.93. The third kappa shape index (κ3) is 3.55. The number of hydrogen-bond donors (Lipinski definition) is 0. The van der Waals surface area contributed by atoms with E-state index in [9.17, 15) is 9.18 Å². The second-order valence-corrected chi connectivity index (χ2v) is 8.60. The third-order valence-corrected chi connectivity index (χ3v) is 6.65. The van der Waals surface area contributed by atoms with E-state index in [0.29, 0.717) is 6.54 Å². The van der Waals surface area contributed by atoms with Gasteiger partial charge in [-0.15, -0.1) is 0 Å². The van der Waals surface area contributed by atoms with Gasteiger partial charge in [0, 0.05) is 37.7 Å². The molecule has 0 aromatic heterocycles. The zero-order valence-corrected chi connectivity index (χ0v) is 17.3. The molecule has 156 valence electrons. The summed E-state index contributed by atoms with van der Waals surface area (Å²) in [6.45, 7) is 4.09. The molecule has 30 heavy (non-hydrogen) atoms. The van der Waals surface area contributed by atoms with Crippen molar-refractivity contribution in [2.75, 3.05) is 39.8 Å². The molecule has 0 bridgehead atoms. The normalized spacial score (nSPS) is 24.3. The van der Waals surface area contributed by atoms with Crippen LogP contribution in [0.4, 0.5) is 4.39 Å². The molecule has 2 aliphatic heterocycles. The van der Waals surface area contributed by atoms with Crippen molar-refractivity contribution in [2.45, 2.75) is 18.9 Å². The molecule has 1 amide bonds. The fraction of sp³-hybridized carbons (Fsp3) is 0.417. The van der Waals surface area contributed by atoms with Gasteiger partial charge in [0.25, 0.3) is 5.91 Å². The van der Waals surface area contributed by atoms with Gasteiger partial charge < -0.3 is 4.90 Å².